The van der Waals surface area contributed by atoms with E-state index in [-0.39, 0.29) is 12.1 Å². The molecule has 0 aromatic rings. The molecular weight excluding hydrogens is 234 g/mol. The van der Waals surface area contributed by atoms with Crippen molar-refractivity contribution in [1.29, 1.82) is 0 Å². The summed E-state index contributed by atoms with van der Waals surface area (Å²) >= 11 is 0. The van der Waals surface area contributed by atoms with Crippen LogP contribution in [0.5, 0.6) is 0 Å². The monoisotopic (exact) mass is 256 g/mol. The highest BCUT2D eigenvalue weighted by molar-refractivity contribution is 5.90. The highest BCUT2D eigenvalue weighted by atomic mass is 19.3. The number of hydrogen-bond donors (Lipinski definition) is 0. The molecule has 102 valence electrons. The van der Waals surface area contributed by atoms with Crippen LogP contribution >= 0.6 is 0 Å². The molecule has 0 aliphatic rings. The zero-order chi connectivity index (χ0) is 14.1. The summed E-state index contributed by atoms with van der Waals surface area (Å²) in [6.45, 7) is 9.66. The Labute approximate surface area is 108 Å². The van der Waals surface area contributed by atoms with Crippen LogP contribution in [-0.4, -0.2) is 24.9 Å². The highest BCUT2D eigenvalue weighted by Crippen LogP contribution is 2.15. The highest BCUT2D eigenvalue weighted by Gasteiger charge is 2.13. The van der Waals surface area contributed by atoms with E-state index in [9.17, 15) is 8.78 Å². The van der Waals surface area contributed by atoms with E-state index in [1.54, 1.807) is 6.20 Å². The third-order valence-corrected chi connectivity index (χ3v) is 2.58. The third-order valence-electron chi connectivity index (χ3n) is 2.58. The molecule has 4 heteroatoms. The molecule has 18 heavy (non-hydrogen) atoms. The van der Waals surface area contributed by atoms with Gasteiger partial charge in [-0.1, -0.05) is 19.9 Å². The zero-order valence-electron chi connectivity index (χ0n) is 11.6. The first kappa shape index (κ1) is 16.7. The molecule has 0 aromatic heterocycles. The number of hydrogen-bond acceptors (Lipinski definition) is 2. The van der Waals surface area contributed by atoms with Gasteiger partial charge < -0.3 is 0 Å². The van der Waals surface area contributed by atoms with Crippen LogP contribution in [-0.2, 0) is 0 Å². The Morgan fingerprint density at radius 1 is 1.33 bits per heavy atom. The van der Waals surface area contributed by atoms with Gasteiger partial charge in [-0.05, 0) is 31.4 Å². The van der Waals surface area contributed by atoms with Crippen molar-refractivity contribution in [3.63, 3.8) is 0 Å². The zero-order valence-corrected chi connectivity index (χ0v) is 11.6. The third kappa shape index (κ3) is 6.42. The molecule has 0 unspecified atom stereocenters. The van der Waals surface area contributed by atoms with E-state index in [4.69, 9.17) is 0 Å². The number of alkyl halides is 2. The molecule has 2 nitrogen and oxygen atoms in total. The van der Waals surface area contributed by atoms with Gasteiger partial charge in [-0.15, -0.1) is 0 Å². The van der Waals surface area contributed by atoms with Crippen molar-refractivity contribution in [2.75, 3.05) is 7.05 Å². The lowest BCUT2D eigenvalue weighted by Gasteiger charge is -2.07. The normalized spacial score (nSPS) is 14.3. The van der Waals surface area contributed by atoms with Crippen LogP contribution in [0.3, 0.4) is 0 Å². The average Bonchev–Trinajstić information content (AvgIpc) is 2.32. The molecular formula is C14H22F2N2. The lowest BCUT2D eigenvalue weighted by Crippen LogP contribution is -2.11. The quantitative estimate of drug-likeness (QED) is 0.475. The Hall–Kier alpha value is -1.32. The topological polar surface area (TPSA) is 24.7 Å². The maximum absolute atomic E-state index is 12.5. The van der Waals surface area contributed by atoms with Crippen molar-refractivity contribution in [3.8, 4) is 0 Å². The Balaban J connectivity index is 4.61. The minimum absolute atomic E-state index is 0.0961. The van der Waals surface area contributed by atoms with Crippen LogP contribution in [0.4, 0.5) is 8.78 Å². The second-order valence-corrected chi connectivity index (χ2v) is 4.22. The van der Waals surface area contributed by atoms with Gasteiger partial charge in [0.25, 0.3) is 6.43 Å². The molecule has 0 amide bonds. The molecule has 0 radical (unpaired) electrons. The smallest absolute Gasteiger partial charge is 0.276 e. The van der Waals surface area contributed by atoms with E-state index >= 15 is 0 Å². The Bertz CT molecular complexity index is 366. The van der Waals surface area contributed by atoms with Crippen LogP contribution in [0.15, 0.2) is 33.9 Å². The Kier molecular flexibility index (Phi) is 8.08. The van der Waals surface area contributed by atoms with Gasteiger partial charge >= 0.3 is 0 Å². The summed E-state index contributed by atoms with van der Waals surface area (Å²) in [5.74, 6) is 0. The van der Waals surface area contributed by atoms with Gasteiger partial charge in [-0.25, -0.2) is 8.78 Å². The Morgan fingerprint density at radius 3 is 2.39 bits per heavy atom. The number of nitrogens with zero attached hydrogens (tertiary/aromatic N) is 2. The minimum atomic E-state index is -2.52. The Morgan fingerprint density at radius 2 is 1.94 bits per heavy atom. The summed E-state index contributed by atoms with van der Waals surface area (Å²) in [4.78, 5) is 7.86. The second kappa shape index (κ2) is 8.72. The van der Waals surface area contributed by atoms with Gasteiger partial charge in [0.1, 0.15) is 0 Å². The summed E-state index contributed by atoms with van der Waals surface area (Å²) in [6.07, 6.45) is 1.24. The van der Waals surface area contributed by atoms with Crippen molar-refractivity contribution in [1.82, 2.24) is 0 Å². The fourth-order valence-corrected chi connectivity index (χ4v) is 1.34. The summed E-state index contributed by atoms with van der Waals surface area (Å²) in [5, 5.41) is 0. The van der Waals surface area contributed by atoms with E-state index in [0.29, 0.717) is 5.57 Å². The first-order chi connectivity index (χ1) is 8.42. The van der Waals surface area contributed by atoms with Crippen LogP contribution in [0.1, 0.15) is 40.0 Å². The molecule has 0 N–H and O–H groups in total. The van der Waals surface area contributed by atoms with Gasteiger partial charge in [-0.2, -0.15) is 0 Å². The van der Waals surface area contributed by atoms with Crippen LogP contribution in [0.25, 0.3) is 0 Å². The molecule has 0 heterocycles. The van der Waals surface area contributed by atoms with Crippen molar-refractivity contribution in [2.45, 2.75) is 46.5 Å². The fraction of sp³-hybridized carbons (Fsp3) is 0.571. The second-order valence-electron chi connectivity index (χ2n) is 4.22. The largest absolute Gasteiger partial charge is 0.291 e. The molecule has 0 rings (SSSR count). The number of rotatable bonds is 7. The molecule has 0 fully saturated rings. The molecule has 0 atom stereocenters. The molecule has 0 aliphatic heterocycles. The fourth-order valence-electron chi connectivity index (χ4n) is 1.34. The number of aliphatic imine (C=N–C) groups is 2. The standard InChI is InChI=1S/C14H22F2N2/c1-6-7-12(4)18-9-11(3)10(2)8-13(17-5)14(15)16/h9,14H,2,6-8H2,1,3-5H3/b11-9+,17-13?,18-12?. The summed E-state index contributed by atoms with van der Waals surface area (Å²) < 4.78 is 25.0. The van der Waals surface area contributed by atoms with Gasteiger partial charge in [0.05, 0.1) is 5.71 Å². The van der Waals surface area contributed by atoms with Crippen LogP contribution in [0, 0.1) is 0 Å². The summed E-state index contributed by atoms with van der Waals surface area (Å²) in [5.41, 5.74) is 2.33. The van der Waals surface area contributed by atoms with Crippen LogP contribution in [0.2, 0.25) is 0 Å². The average molecular weight is 256 g/mol. The van der Waals surface area contributed by atoms with Crippen LogP contribution < -0.4 is 0 Å². The molecule has 0 bridgehead atoms. The maximum atomic E-state index is 12.5. The van der Waals surface area contributed by atoms with E-state index in [1.807, 2.05) is 13.8 Å². The van der Waals surface area contributed by atoms with E-state index < -0.39 is 6.43 Å². The summed E-state index contributed by atoms with van der Waals surface area (Å²) in [7, 11) is 1.37. The van der Waals surface area contributed by atoms with Crippen molar-refractivity contribution < 1.29 is 8.78 Å². The van der Waals surface area contributed by atoms with Crippen molar-refractivity contribution >= 4 is 11.4 Å². The molecule has 0 saturated heterocycles. The molecule has 0 saturated carbocycles. The van der Waals surface area contributed by atoms with E-state index in [2.05, 4.69) is 23.5 Å². The van der Waals surface area contributed by atoms with Crippen molar-refractivity contribution in [3.05, 3.63) is 23.9 Å². The maximum Gasteiger partial charge on any atom is 0.276 e. The predicted octanol–water partition coefficient (Wildman–Crippen LogP) is 4.43. The van der Waals surface area contributed by atoms with Gasteiger partial charge in [-0.3, -0.25) is 9.98 Å². The summed E-state index contributed by atoms with van der Waals surface area (Å²) in [6, 6.07) is 0. The first-order valence-electron chi connectivity index (χ1n) is 6.04. The number of allylic oxidation sites excluding steroid dienone is 2. The van der Waals surface area contributed by atoms with E-state index in [1.165, 1.54) is 7.05 Å². The van der Waals surface area contributed by atoms with Gasteiger partial charge in [0, 0.05) is 25.4 Å². The lowest BCUT2D eigenvalue weighted by molar-refractivity contribution is 0.223. The molecule has 0 aliphatic carbocycles. The molecule has 0 spiro atoms. The first-order valence-corrected chi connectivity index (χ1v) is 6.04. The molecule has 0 aromatic carbocycles. The number of halogens is 2. The lowest BCUT2D eigenvalue weighted by atomic mass is 10.0. The van der Waals surface area contributed by atoms with Gasteiger partial charge in [0.2, 0.25) is 0 Å². The van der Waals surface area contributed by atoms with Gasteiger partial charge in [0.15, 0.2) is 0 Å². The van der Waals surface area contributed by atoms with Crippen molar-refractivity contribution in [2.24, 2.45) is 9.98 Å². The van der Waals surface area contributed by atoms with E-state index in [0.717, 1.165) is 24.1 Å². The minimum Gasteiger partial charge on any atom is -0.291 e. The predicted molar refractivity (Wildman–Crippen MR) is 74.9 cm³/mol. The SMILES string of the molecule is C=C(CC(=NC)C(F)F)/C(C)=C/N=C(C)CCC.